The molecule has 0 atom stereocenters. The fourth-order valence-electron chi connectivity index (χ4n) is 4.33. The molecule has 0 unspecified atom stereocenters. The Balaban J connectivity index is 1.26. The maximum absolute atomic E-state index is 12.6. The number of piperazine rings is 1. The topological polar surface area (TPSA) is 96.7 Å². The number of hydrogen-bond acceptors (Lipinski definition) is 7. The van der Waals surface area contributed by atoms with Crippen LogP contribution < -0.4 is 0 Å². The third-order valence-electron chi connectivity index (χ3n) is 5.99. The number of rotatable bonds is 6. The predicted octanol–water partition coefficient (Wildman–Crippen LogP) is -0.491. The largest absolute Gasteiger partial charge is 0.379 e. The van der Waals surface area contributed by atoms with E-state index in [-0.39, 0.29) is 18.4 Å². The van der Waals surface area contributed by atoms with Crippen molar-refractivity contribution in [1.29, 1.82) is 0 Å². The van der Waals surface area contributed by atoms with Gasteiger partial charge in [-0.15, -0.1) is 5.10 Å². The van der Waals surface area contributed by atoms with Crippen molar-refractivity contribution >= 4 is 11.8 Å². The van der Waals surface area contributed by atoms with E-state index in [1.807, 2.05) is 4.90 Å². The number of aromatic nitrogens is 4. The third kappa shape index (κ3) is 4.49. The van der Waals surface area contributed by atoms with Gasteiger partial charge in [-0.05, 0) is 23.3 Å². The monoisotopic (exact) mass is 391 g/mol. The SMILES string of the molecule is O=C(CCn1nnnc1CN1CCOCC1)N1CCN(C2CCCC2)C(=O)C1. The van der Waals surface area contributed by atoms with E-state index in [0.29, 0.717) is 38.6 Å². The second-order valence-corrected chi connectivity index (χ2v) is 7.80. The molecule has 3 aliphatic rings. The fraction of sp³-hybridized carbons (Fsp3) is 0.833. The van der Waals surface area contributed by atoms with Crippen LogP contribution in [0.4, 0.5) is 0 Å². The van der Waals surface area contributed by atoms with Gasteiger partial charge in [0.25, 0.3) is 0 Å². The highest BCUT2D eigenvalue weighted by Gasteiger charge is 2.32. The van der Waals surface area contributed by atoms with Crippen LogP contribution in [-0.4, -0.2) is 98.7 Å². The Labute approximate surface area is 164 Å². The molecule has 1 aromatic heterocycles. The first-order chi connectivity index (χ1) is 13.7. The van der Waals surface area contributed by atoms with Gasteiger partial charge in [-0.25, -0.2) is 4.68 Å². The smallest absolute Gasteiger partial charge is 0.242 e. The number of nitrogens with zero attached hydrogens (tertiary/aromatic N) is 7. The zero-order chi connectivity index (χ0) is 19.3. The van der Waals surface area contributed by atoms with Crippen molar-refractivity contribution in [3.8, 4) is 0 Å². The molecule has 154 valence electrons. The average Bonchev–Trinajstić information content (AvgIpc) is 3.39. The Hall–Kier alpha value is -2.07. The van der Waals surface area contributed by atoms with E-state index < -0.39 is 0 Å². The molecule has 0 spiro atoms. The van der Waals surface area contributed by atoms with Crippen molar-refractivity contribution in [2.75, 3.05) is 45.9 Å². The third-order valence-corrected chi connectivity index (χ3v) is 5.99. The van der Waals surface area contributed by atoms with Gasteiger partial charge in [0.1, 0.15) is 0 Å². The molecular formula is C18H29N7O3. The van der Waals surface area contributed by atoms with Crippen LogP contribution in [0.3, 0.4) is 0 Å². The van der Waals surface area contributed by atoms with Gasteiger partial charge >= 0.3 is 0 Å². The molecule has 0 bridgehead atoms. The van der Waals surface area contributed by atoms with E-state index in [9.17, 15) is 9.59 Å². The number of tetrazole rings is 1. The van der Waals surface area contributed by atoms with Crippen molar-refractivity contribution in [2.24, 2.45) is 0 Å². The lowest BCUT2D eigenvalue weighted by atomic mass is 10.1. The molecule has 0 radical (unpaired) electrons. The first-order valence-electron chi connectivity index (χ1n) is 10.3. The zero-order valence-electron chi connectivity index (χ0n) is 16.3. The van der Waals surface area contributed by atoms with Crippen molar-refractivity contribution in [3.05, 3.63) is 5.82 Å². The number of amides is 2. The molecule has 4 rings (SSSR count). The Morgan fingerprint density at radius 2 is 1.89 bits per heavy atom. The fourth-order valence-corrected chi connectivity index (χ4v) is 4.33. The highest BCUT2D eigenvalue weighted by molar-refractivity contribution is 5.86. The minimum Gasteiger partial charge on any atom is -0.379 e. The van der Waals surface area contributed by atoms with E-state index in [1.165, 1.54) is 12.8 Å². The van der Waals surface area contributed by atoms with E-state index in [1.54, 1.807) is 9.58 Å². The summed E-state index contributed by atoms with van der Waals surface area (Å²) in [6.07, 6.45) is 4.92. The van der Waals surface area contributed by atoms with Crippen LogP contribution >= 0.6 is 0 Å². The van der Waals surface area contributed by atoms with Crippen molar-refractivity contribution in [2.45, 2.75) is 51.2 Å². The number of hydrogen-bond donors (Lipinski definition) is 0. The van der Waals surface area contributed by atoms with E-state index in [2.05, 4.69) is 20.4 Å². The summed E-state index contributed by atoms with van der Waals surface area (Å²) in [5, 5.41) is 11.9. The minimum atomic E-state index is -0.00718. The van der Waals surface area contributed by atoms with Gasteiger partial charge < -0.3 is 14.5 Å². The molecule has 2 aliphatic heterocycles. The number of ether oxygens (including phenoxy) is 1. The number of carbonyl (C=O) groups is 2. The zero-order valence-corrected chi connectivity index (χ0v) is 16.3. The number of morpholine rings is 1. The molecule has 1 saturated carbocycles. The standard InChI is InChI=1S/C18H29N7O3/c26-17(23-7-8-24(18(27)14-23)15-3-1-2-4-15)5-6-25-16(19-20-21-25)13-22-9-11-28-12-10-22/h15H,1-14H2. The van der Waals surface area contributed by atoms with Gasteiger partial charge in [0.05, 0.1) is 32.8 Å². The lowest BCUT2D eigenvalue weighted by molar-refractivity contribution is -0.147. The quantitative estimate of drug-likeness (QED) is 0.645. The summed E-state index contributed by atoms with van der Waals surface area (Å²) in [5.74, 6) is 0.839. The van der Waals surface area contributed by atoms with Gasteiger partial charge in [-0.2, -0.15) is 0 Å². The lowest BCUT2D eigenvalue weighted by Crippen LogP contribution is -2.55. The van der Waals surface area contributed by atoms with Gasteiger partial charge in [-0.3, -0.25) is 14.5 Å². The summed E-state index contributed by atoms with van der Waals surface area (Å²) >= 11 is 0. The van der Waals surface area contributed by atoms with E-state index >= 15 is 0 Å². The van der Waals surface area contributed by atoms with Crippen LogP contribution in [0.25, 0.3) is 0 Å². The van der Waals surface area contributed by atoms with Crippen LogP contribution in [0.15, 0.2) is 0 Å². The van der Waals surface area contributed by atoms with Gasteiger partial charge in [0, 0.05) is 38.6 Å². The summed E-state index contributed by atoms with van der Waals surface area (Å²) in [6.45, 7) is 5.73. The molecular weight excluding hydrogens is 362 g/mol. The molecule has 28 heavy (non-hydrogen) atoms. The first kappa shape index (κ1) is 19.3. The van der Waals surface area contributed by atoms with Crippen molar-refractivity contribution in [3.63, 3.8) is 0 Å². The molecule has 10 heteroatoms. The first-order valence-corrected chi connectivity index (χ1v) is 10.3. The molecule has 1 aliphatic carbocycles. The van der Waals surface area contributed by atoms with E-state index in [4.69, 9.17) is 4.74 Å². The second kappa shape index (κ2) is 8.95. The van der Waals surface area contributed by atoms with Crippen LogP contribution in [0.2, 0.25) is 0 Å². The summed E-state index contributed by atoms with van der Waals surface area (Å²) in [5.41, 5.74) is 0. The van der Waals surface area contributed by atoms with Crippen LogP contribution in [0.1, 0.15) is 37.9 Å². The molecule has 0 aromatic carbocycles. The van der Waals surface area contributed by atoms with Crippen LogP contribution in [-0.2, 0) is 27.4 Å². The molecule has 0 N–H and O–H groups in total. The Kier molecular flexibility index (Phi) is 6.16. The molecule has 3 fully saturated rings. The number of carbonyl (C=O) groups excluding carboxylic acids is 2. The highest BCUT2D eigenvalue weighted by Crippen LogP contribution is 2.25. The van der Waals surface area contributed by atoms with Gasteiger partial charge in [-0.1, -0.05) is 12.8 Å². The normalized spacial score (nSPS) is 22.2. The summed E-state index contributed by atoms with van der Waals surface area (Å²) in [6, 6.07) is 0.383. The van der Waals surface area contributed by atoms with E-state index in [0.717, 1.165) is 45.0 Å². The Morgan fingerprint density at radius 3 is 2.64 bits per heavy atom. The minimum absolute atomic E-state index is 0.00718. The maximum Gasteiger partial charge on any atom is 0.242 e. The van der Waals surface area contributed by atoms with Crippen LogP contribution in [0, 0.1) is 0 Å². The summed E-state index contributed by atoms with van der Waals surface area (Å²) < 4.78 is 7.06. The molecule has 10 nitrogen and oxygen atoms in total. The Bertz CT molecular complexity index is 682. The van der Waals surface area contributed by atoms with Crippen LogP contribution in [0.5, 0.6) is 0 Å². The molecule has 3 heterocycles. The van der Waals surface area contributed by atoms with Gasteiger partial charge in [0.2, 0.25) is 11.8 Å². The Morgan fingerprint density at radius 1 is 1.11 bits per heavy atom. The predicted molar refractivity (Wildman–Crippen MR) is 99.1 cm³/mol. The van der Waals surface area contributed by atoms with Gasteiger partial charge in [0.15, 0.2) is 5.82 Å². The maximum atomic E-state index is 12.6. The lowest BCUT2D eigenvalue weighted by Gasteiger charge is -2.37. The summed E-state index contributed by atoms with van der Waals surface area (Å²) in [7, 11) is 0. The molecule has 2 saturated heterocycles. The average molecular weight is 391 g/mol. The molecule has 1 aromatic rings. The summed E-state index contributed by atoms with van der Waals surface area (Å²) in [4.78, 5) is 31.0. The highest BCUT2D eigenvalue weighted by atomic mass is 16.5. The number of aryl methyl sites for hydroxylation is 1. The van der Waals surface area contributed by atoms with Crippen molar-refractivity contribution in [1.82, 2.24) is 34.9 Å². The molecule has 2 amide bonds. The van der Waals surface area contributed by atoms with Crippen molar-refractivity contribution < 1.29 is 14.3 Å². The second-order valence-electron chi connectivity index (χ2n) is 7.80.